The number of alkyl halides is 2. The van der Waals surface area contributed by atoms with Crippen LogP contribution in [0.1, 0.15) is 31.5 Å². The summed E-state index contributed by atoms with van der Waals surface area (Å²) in [5, 5.41) is 3.96. The third-order valence-electron chi connectivity index (χ3n) is 3.70. The number of nitrogens with zero attached hydrogens (tertiary/aromatic N) is 2. The highest BCUT2D eigenvalue weighted by molar-refractivity contribution is 7.99. The summed E-state index contributed by atoms with van der Waals surface area (Å²) in [6.45, 7) is 0. The highest BCUT2D eigenvalue weighted by Gasteiger charge is 2.36. The minimum Gasteiger partial charge on any atom is -0.334 e. The van der Waals surface area contributed by atoms with Gasteiger partial charge in [-0.3, -0.25) is 0 Å². The van der Waals surface area contributed by atoms with Crippen molar-refractivity contribution in [3.05, 3.63) is 30.1 Å². The molecule has 0 bridgehead atoms. The molecule has 1 saturated carbocycles. The Morgan fingerprint density at radius 3 is 2.59 bits per heavy atom. The van der Waals surface area contributed by atoms with Crippen LogP contribution in [0.4, 0.5) is 8.78 Å². The van der Waals surface area contributed by atoms with Gasteiger partial charge in [-0.05, 0) is 25.0 Å². The molecule has 0 radical (unpaired) electrons. The third-order valence-corrected chi connectivity index (χ3v) is 4.49. The van der Waals surface area contributed by atoms with Gasteiger partial charge < -0.3 is 10.3 Å². The number of thioether (sulfide) groups is 1. The average Bonchev–Trinajstić information content (AvgIpc) is 3.08. The Balaban J connectivity index is 0.00000176. The molecule has 0 unspecified atom stereocenters. The van der Waals surface area contributed by atoms with Crippen molar-refractivity contribution in [2.45, 2.75) is 41.9 Å². The number of hydrogen-bond donors (Lipinski definition) is 1. The zero-order chi connectivity index (χ0) is 14.9. The molecule has 0 spiro atoms. The Bertz CT molecular complexity index is 632. The Morgan fingerprint density at radius 2 is 1.91 bits per heavy atom. The number of benzene rings is 1. The molecule has 1 aliphatic rings. The van der Waals surface area contributed by atoms with E-state index in [0.717, 1.165) is 25.7 Å². The van der Waals surface area contributed by atoms with Crippen LogP contribution in [0, 0.1) is 0 Å². The molecule has 1 aromatic carbocycles. The number of rotatable bonds is 4. The molecule has 1 aromatic heterocycles. The van der Waals surface area contributed by atoms with Gasteiger partial charge in [-0.25, -0.2) is 0 Å². The smallest absolute Gasteiger partial charge is 0.288 e. The van der Waals surface area contributed by atoms with Gasteiger partial charge in [0.2, 0.25) is 0 Å². The number of halogens is 3. The highest BCUT2D eigenvalue weighted by Crippen LogP contribution is 2.37. The second kappa shape index (κ2) is 6.93. The molecule has 0 atom stereocenters. The van der Waals surface area contributed by atoms with E-state index in [0.29, 0.717) is 28.0 Å². The lowest BCUT2D eigenvalue weighted by molar-refractivity contribution is 0.252. The predicted octanol–water partition coefficient (Wildman–Crippen LogP) is 4.20. The molecule has 4 nitrogen and oxygen atoms in total. The van der Waals surface area contributed by atoms with Gasteiger partial charge in [0.05, 0.1) is 11.1 Å². The van der Waals surface area contributed by atoms with Crippen LogP contribution < -0.4 is 5.73 Å². The van der Waals surface area contributed by atoms with Crippen LogP contribution in [0.25, 0.3) is 11.5 Å². The van der Waals surface area contributed by atoms with Crippen LogP contribution in [0.2, 0.25) is 0 Å². The Labute approximate surface area is 137 Å². The molecule has 22 heavy (non-hydrogen) atoms. The van der Waals surface area contributed by atoms with E-state index in [1.54, 1.807) is 24.3 Å². The zero-order valence-corrected chi connectivity index (χ0v) is 13.3. The van der Waals surface area contributed by atoms with Crippen molar-refractivity contribution in [3.8, 4) is 11.5 Å². The van der Waals surface area contributed by atoms with Crippen molar-refractivity contribution >= 4 is 24.2 Å². The first-order valence-corrected chi connectivity index (χ1v) is 7.64. The van der Waals surface area contributed by atoms with Gasteiger partial charge in [0.1, 0.15) is 0 Å². The van der Waals surface area contributed by atoms with Crippen molar-refractivity contribution in [3.63, 3.8) is 0 Å². The Kier molecular flexibility index (Phi) is 5.41. The lowest BCUT2D eigenvalue weighted by Crippen LogP contribution is -2.34. The highest BCUT2D eigenvalue weighted by atomic mass is 35.5. The van der Waals surface area contributed by atoms with Gasteiger partial charge in [-0.1, -0.05) is 41.9 Å². The summed E-state index contributed by atoms with van der Waals surface area (Å²) in [5.41, 5.74) is 6.25. The van der Waals surface area contributed by atoms with E-state index in [1.807, 2.05) is 0 Å². The van der Waals surface area contributed by atoms with Crippen LogP contribution in [0.15, 0.2) is 33.7 Å². The normalized spacial score (nSPS) is 16.7. The minimum absolute atomic E-state index is 0. The quantitative estimate of drug-likeness (QED) is 0.839. The molecule has 120 valence electrons. The maximum Gasteiger partial charge on any atom is 0.288 e. The first kappa shape index (κ1) is 17.2. The Hall–Kier alpha value is -1.18. The van der Waals surface area contributed by atoms with Crippen LogP contribution in [-0.2, 0) is 5.54 Å². The second-order valence-corrected chi connectivity index (χ2v) is 6.19. The molecule has 0 amide bonds. The fourth-order valence-corrected chi connectivity index (χ4v) is 3.24. The van der Waals surface area contributed by atoms with E-state index in [-0.39, 0.29) is 18.3 Å². The standard InChI is InChI=1S/C14H15F2N3OS.ClH/c15-13(16)21-10-6-2-1-5-9(10)11-18-12(19-20-11)14(17)7-3-4-8-14;/h1-2,5-6,13H,3-4,7-8,17H2;1H. The summed E-state index contributed by atoms with van der Waals surface area (Å²) in [6.07, 6.45) is 3.72. The summed E-state index contributed by atoms with van der Waals surface area (Å²) < 4.78 is 30.5. The van der Waals surface area contributed by atoms with E-state index < -0.39 is 11.3 Å². The lowest BCUT2D eigenvalue weighted by Gasteiger charge is -2.17. The summed E-state index contributed by atoms with van der Waals surface area (Å²) in [5.74, 6) is -1.79. The number of nitrogens with two attached hydrogens (primary N) is 1. The largest absolute Gasteiger partial charge is 0.334 e. The number of aromatic nitrogens is 2. The molecule has 1 heterocycles. The average molecular weight is 348 g/mol. The van der Waals surface area contributed by atoms with E-state index in [4.69, 9.17) is 10.3 Å². The van der Waals surface area contributed by atoms with Gasteiger partial charge in [-0.15, -0.1) is 12.4 Å². The summed E-state index contributed by atoms with van der Waals surface area (Å²) in [6, 6.07) is 6.76. The lowest BCUT2D eigenvalue weighted by atomic mass is 9.99. The van der Waals surface area contributed by atoms with Crippen molar-refractivity contribution in [1.29, 1.82) is 0 Å². The molecular formula is C14H16ClF2N3OS. The van der Waals surface area contributed by atoms with Crippen LogP contribution in [-0.4, -0.2) is 15.9 Å². The molecular weight excluding hydrogens is 332 g/mol. The van der Waals surface area contributed by atoms with Crippen LogP contribution in [0.3, 0.4) is 0 Å². The molecule has 2 N–H and O–H groups in total. The Morgan fingerprint density at radius 1 is 1.23 bits per heavy atom. The molecule has 1 fully saturated rings. The van der Waals surface area contributed by atoms with Gasteiger partial charge in [-0.2, -0.15) is 13.8 Å². The minimum atomic E-state index is -2.50. The SMILES string of the molecule is Cl.NC1(c2noc(-c3ccccc3SC(F)F)n2)CCCC1. The topological polar surface area (TPSA) is 64.9 Å². The fraction of sp³-hybridized carbons (Fsp3) is 0.429. The van der Waals surface area contributed by atoms with Crippen molar-refractivity contribution < 1.29 is 13.3 Å². The van der Waals surface area contributed by atoms with E-state index in [1.165, 1.54) is 0 Å². The van der Waals surface area contributed by atoms with Gasteiger partial charge in [0.15, 0.2) is 5.82 Å². The van der Waals surface area contributed by atoms with Gasteiger partial charge >= 0.3 is 0 Å². The van der Waals surface area contributed by atoms with Crippen LogP contribution >= 0.6 is 24.2 Å². The molecule has 0 saturated heterocycles. The van der Waals surface area contributed by atoms with Crippen molar-refractivity contribution in [1.82, 2.24) is 10.1 Å². The zero-order valence-electron chi connectivity index (χ0n) is 11.7. The molecule has 1 aliphatic carbocycles. The van der Waals surface area contributed by atoms with E-state index in [9.17, 15) is 8.78 Å². The van der Waals surface area contributed by atoms with Crippen LogP contribution in [0.5, 0.6) is 0 Å². The molecule has 2 aromatic rings. The van der Waals surface area contributed by atoms with Crippen molar-refractivity contribution in [2.24, 2.45) is 5.73 Å². The summed E-state index contributed by atoms with van der Waals surface area (Å²) >= 11 is 0.468. The van der Waals surface area contributed by atoms with Gasteiger partial charge in [0.25, 0.3) is 11.6 Å². The maximum atomic E-state index is 12.6. The molecule has 3 rings (SSSR count). The van der Waals surface area contributed by atoms with E-state index >= 15 is 0 Å². The summed E-state index contributed by atoms with van der Waals surface area (Å²) in [4.78, 5) is 4.76. The monoisotopic (exact) mass is 347 g/mol. The predicted molar refractivity (Wildman–Crippen MR) is 83.2 cm³/mol. The van der Waals surface area contributed by atoms with Crippen molar-refractivity contribution in [2.75, 3.05) is 0 Å². The first-order valence-electron chi connectivity index (χ1n) is 6.76. The second-order valence-electron chi connectivity index (χ2n) is 5.16. The number of hydrogen-bond acceptors (Lipinski definition) is 5. The third kappa shape index (κ3) is 3.42. The van der Waals surface area contributed by atoms with E-state index in [2.05, 4.69) is 10.1 Å². The van der Waals surface area contributed by atoms with Gasteiger partial charge in [0, 0.05) is 4.90 Å². The molecule has 8 heteroatoms. The fourth-order valence-electron chi connectivity index (χ4n) is 2.61. The first-order chi connectivity index (χ1) is 10.1. The maximum absolute atomic E-state index is 12.6. The summed E-state index contributed by atoms with van der Waals surface area (Å²) in [7, 11) is 0. The molecule has 0 aliphatic heterocycles.